The van der Waals surface area contributed by atoms with Crippen molar-refractivity contribution in [3.05, 3.63) is 0 Å². The normalized spacial score (nSPS) is 35.1. The van der Waals surface area contributed by atoms with Crippen molar-refractivity contribution in [2.24, 2.45) is 0 Å². The quantitative estimate of drug-likeness (QED) is 0.608. The Morgan fingerprint density at radius 2 is 1.46 bits per heavy atom. The summed E-state index contributed by atoms with van der Waals surface area (Å²) in [7, 11) is 0. The van der Waals surface area contributed by atoms with E-state index in [1.807, 2.05) is 0 Å². The van der Waals surface area contributed by atoms with E-state index in [-0.39, 0.29) is 5.79 Å². The van der Waals surface area contributed by atoms with Crippen LogP contribution in [-0.4, -0.2) is 31.1 Å². The van der Waals surface area contributed by atoms with Gasteiger partial charge in [-0.15, -0.1) is 0 Å². The summed E-state index contributed by atoms with van der Waals surface area (Å²) in [6.45, 7) is 2.79. The van der Waals surface area contributed by atoms with E-state index in [0.717, 1.165) is 26.1 Å². The van der Waals surface area contributed by atoms with Crippen molar-refractivity contribution in [1.82, 2.24) is 5.32 Å². The maximum absolute atomic E-state index is 5.69. The van der Waals surface area contributed by atoms with E-state index < -0.39 is 0 Å². The third-order valence-corrected chi connectivity index (χ3v) is 3.89. The van der Waals surface area contributed by atoms with Gasteiger partial charge < -0.3 is 14.8 Å². The van der Waals surface area contributed by atoms with Gasteiger partial charge in [0.2, 0.25) is 0 Å². The van der Waals surface area contributed by atoms with Crippen molar-refractivity contribution in [3.8, 4) is 0 Å². The van der Waals surface area contributed by atoms with Crippen LogP contribution in [0.25, 0.3) is 0 Å². The summed E-state index contributed by atoms with van der Waals surface area (Å²) in [5, 5.41) is 3.56. The second-order valence-corrected chi connectivity index (χ2v) is 4.56. The lowest BCUT2D eigenvalue weighted by Crippen LogP contribution is -2.60. The van der Waals surface area contributed by atoms with Crippen molar-refractivity contribution >= 4 is 0 Å². The lowest BCUT2D eigenvalue weighted by Gasteiger charge is -2.50. The highest BCUT2D eigenvalue weighted by Gasteiger charge is 2.48. The molecule has 13 heavy (non-hydrogen) atoms. The van der Waals surface area contributed by atoms with Crippen LogP contribution in [0.5, 0.6) is 0 Å². The summed E-state index contributed by atoms with van der Waals surface area (Å²) in [5.74, 6) is -0.178. The number of rotatable bonds is 0. The topological polar surface area (TPSA) is 30.5 Å². The summed E-state index contributed by atoms with van der Waals surface area (Å²) < 4.78 is 11.4. The van der Waals surface area contributed by atoms with Crippen LogP contribution in [-0.2, 0) is 9.47 Å². The molecule has 0 amide bonds. The van der Waals surface area contributed by atoms with E-state index in [9.17, 15) is 0 Å². The highest BCUT2D eigenvalue weighted by Crippen LogP contribution is 2.43. The molecule has 3 rings (SSSR count). The number of nitrogens with one attached hydrogen (secondary N) is 1. The SMILES string of the molecule is C1CC2(CCC3(CC2)OCCO3)N1. The van der Waals surface area contributed by atoms with Crippen LogP contribution in [0.4, 0.5) is 0 Å². The highest BCUT2D eigenvalue weighted by atomic mass is 16.7. The largest absolute Gasteiger partial charge is 0.348 e. The Balaban J connectivity index is 1.66. The Labute approximate surface area is 78.8 Å². The molecule has 1 saturated carbocycles. The van der Waals surface area contributed by atoms with Gasteiger partial charge in [-0.3, -0.25) is 0 Å². The maximum atomic E-state index is 5.69. The summed E-state index contributed by atoms with van der Waals surface area (Å²) in [6, 6.07) is 0. The Kier molecular flexibility index (Phi) is 1.70. The summed E-state index contributed by atoms with van der Waals surface area (Å²) in [5.41, 5.74) is 0.473. The molecule has 2 heterocycles. The van der Waals surface area contributed by atoms with Gasteiger partial charge in [-0.05, 0) is 25.8 Å². The van der Waals surface area contributed by atoms with Gasteiger partial charge in [0.25, 0.3) is 0 Å². The zero-order chi connectivity index (χ0) is 8.78. The number of hydrogen-bond donors (Lipinski definition) is 1. The molecule has 2 saturated heterocycles. The van der Waals surface area contributed by atoms with Crippen molar-refractivity contribution in [1.29, 1.82) is 0 Å². The summed E-state index contributed by atoms with van der Waals surface area (Å²) in [4.78, 5) is 0. The molecule has 1 N–H and O–H groups in total. The molecule has 0 bridgehead atoms. The van der Waals surface area contributed by atoms with Crippen LogP contribution in [0.1, 0.15) is 32.1 Å². The zero-order valence-electron chi connectivity index (χ0n) is 7.97. The monoisotopic (exact) mass is 183 g/mol. The van der Waals surface area contributed by atoms with Crippen LogP contribution in [0.2, 0.25) is 0 Å². The maximum Gasteiger partial charge on any atom is 0.168 e. The molecule has 3 nitrogen and oxygen atoms in total. The smallest absolute Gasteiger partial charge is 0.168 e. The van der Waals surface area contributed by atoms with Crippen LogP contribution in [0, 0.1) is 0 Å². The van der Waals surface area contributed by atoms with Crippen molar-refractivity contribution < 1.29 is 9.47 Å². The first-order valence-electron chi connectivity index (χ1n) is 5.36. The molecule has 3 fully saturated rings. The fourth-order valence-corrected chi connectivity index (χ4v) is 2.80. The average Bonchev–Trinajstić information content (AvgIpc) is 2.53. The Bertz CT molecular complexity index is 195. The molecule has 2 spiro atoms. The third kappa shape index (κ3) is 1.22. The number of hydrogen-bond acceptors (Lipinski definition) is 3. The van der Waals surface area contributed by atoms with E-state index in [0.29, 0.717) is 5.54 Å². The predicted octanol–water partition coefficient (Wildman–Crippen LogP) is 1.04. The van der Waals surface area contributed by atoms with Crippen LogP contribution in [0.15, 0.2) is 0 Å². The molecule has 1 aliphatic carbocycles. The van der Waals surface area contributed by atoms with E-state index in [1.165, 1.54) is 25.8 Å². The second-order valence-electron chi connectivity index (χ2n) is 4.56. The average molecular weight is 183 g/mol. The van der Waals surface area contributed by atoms with Gasteiger partial charge in [-0.1, -0.05) is 0 Å². The predicted molar refractivity (Wildman–Crippen MR) is 48.5 cm³/mol. The first kappa shape index (κ1) is 8.21. The molecule has 3 aliphatic rings. The summed E-state index contributed by atoms with van der Waals surface area (Å²) in [6.07, 6.45) is 5.98. The minimum absolute atomic E-state index is 0.178. The molecule has 0 aromatic heterocycles. The lowest BCUT2D eigenvalue weighted by atomic mass is 9.73. The van der Waals surface area contributed by atoms with Gasteiger partial charge in [0.05, 0.1) is 13.2 Å². The van der Waals surface area contributed by atoms with Gasteiger partial charge in [-0.25, -0.2) is 0 Å². The summed E-state index contributed by atoms with van der Waals surface area (Å²) >= 11 is 0. The van der Waals surface area contributed by atoms with Crippen molar-refractivity contribution in [2.75, 3.05) is 19.8 Å². The molecule has 0 unspecified atom stereocenters. The van der Waals surface area contributed by atoms with Gasteiger partial charge in [0, 0.05) is 18.4 Å². The van der Waals surface area contributed by atoms with E-state index in [1.54, 1.807) is 0 Å². The Hall–Kier alpha value is -0.120. The molecule has 74 valence electrons. The van der Waals surface area contributed by atoms with Gasteiger partial charge in [0.1, 0.15) is 0 Å². The Morgan fingerprint density at radius 3 is 1.92 bits per heavy atom. The van der Waals surface area contributed by atoms with Crippen molar-refractivity contribution in [2.45, 2.75) is 43.4 Å². The fourth-order valence-electron chi connectivity index (χ4n) is 2.80. The lowest BCUT2D eigenvalue weighted by molar-refractivity contribution is -0.190. The second kappa shape index (κ2) is 2.69. The van der Waals surface area contributed by atoms with E-state index in [4.69, 9.17) is 9.47 Å². The van der Waals surface area contributed by atoms with Gasteiger partial charge >= 0.3 is 0 Å². The van der Waals surface area contributed by atoms with Crippen LogP contribution in [0.3, 0.4) is 0 Å². The molecule has 0 atom stereocenters. The van der Waals surface area contributed by atoms with Gasteiger partial charge in [0.15, 0.2) is 5.79 Å². The van der Waals surface area contributed by atoms with Crippen LogP contribution >= 0.6 is 0 Å². The molecule has 0 radical (unpaired) electrons. The molecular formula is C10H17NO2. The molecule has 0 aromatic rings. The zero-order valence-corrected chi connectivity index (χ0v) is 7.97. The fraction of sp³-hybridized carbons (Fsp3) is 1.00. The minimum atomic E-state index is -0.178. The Morgan fingerprint density at radius 1 is 0.846 bits per heavy atom. The first-order chi connectivity index (χ1) is 6.33. The molecule has 2 aliphatic heterocycles. The van der Waals surface area contributed by atoms with Gasteiger partial charge in [-0.2, -0.15) is 0 Å². The highest BCUT2D eigenvalue weighted by molar-refractivity contribution is 5.02. The molecular weight excluding hydrogens is 166 g/mol. The third-order valence-electron chi connectivity index (χ3n) is 3.89. The number of ether oxygens (including phenoxy) is 2. The standard InChI is InChI=1S/C10H17NO2/c1-3-10(12-7-8-13-10)4-2-9(1)5-6-11-9/h11H,1-8H2. The van der Waals surface area contributed by atoms with Crippen molar-refractivity contribution in [3.63, 3.8) is 0 Å². The van der Waals surface area contributed by atoms with E-state index >= 15 is 0 Å². The van der Waals surface area contributed by atoms with E-state index in [2.05, 4.69) is 5.32 Å². The molecule has 0 aromatic carbocycles. The van der Waals surface area contributed by atoms with Crippen LogP contribution < -0.4 is 5.32 Å². The first-order valence-corrected chi connectivity index (χ1v) is 5.36. The molecule has 3 heteroatoms. The minimum Gasteiger partial charge on any atom is -0.348 e.